The Balaban J connectivity index is 1.71. The summed E-state index contributed by atoms with van der Waals surface area (Å²) < 4.78 is 5.83. The third-order valence-electron chi connectivity index (χ3n) is 4.89. The van der Waals surface area contributed by atoms with Crippen molar-refractivity contribution in [3.05, 3.63) is 53.3 Å². The summed E-state index contributed by atoms with van der Waals surface area (Å²) in [6.07, 6.45) is 3.69. The van der Waals surface area contributed by atoms with Crippen LogP contribution in [-0.4, -0.2) is 41.6 Å². The third-order valence-corrected chi connectivity index (χ3v) is 4.89. The second-order valence-electron chi connectivity index (χ2n) is 6.87. The second-order valence-corrected chi connectivity index (χ2v) is 6.87. The van der Waals surface area contributed by atoms with Gasteiger partial charge in [-0.2, -0.15) is 10.1 Å². The Labute approximate surface area is 166 Å². The lowest BCUT2D eigenvalue weighted by Gasteiger charge is -2.14. The molecule has 2 aliphatic rings. The van der Waals surface area contributed by atoms with Crippen LogP contribution in [0, 0.1) is 0 Å². The number of aromatic carboxylic acids is 1. The molecule has 0 bridgehead atoms. The number of carboxylic acid groups (broad SMARTS) is 1. The predicted octanol–water partition coefficient (Wildman–Crippen LogP) is 2.95. The molecule has 8 heteroatoms. The van der Waals surface area contributed by atoms with Gasteiger partial charge in [-0.25, -0.2) is 4.79 Å². The molecule has 2 aliphatic heterocycles. The van der Waals surface area contributed by atoms with Gasteiger partial charge >= 0.3 is 5.97 Å². The molecule has 0 unspecified atom stereocenters. The number of carbonyl (C=O) groups is 3. The van der Waals surface area contributed by atoms with Crippen LogP contribution in [0.4, 0.5) is 11.6 Å². The van der Waals surface area contributed by atoms with Crippen molar-refractivity contribution in [1.82, 2.24) is 0 Å². The fraction of sp³-hybridized carbons (Fsp3) is 0.238. The normalized spacial score (nSPS) is 17.9. The molecule has 0 aliphatic carbocycles. The van der Waals surface area contributed by atoms with Gasteiger partial charge in [0.1, 0.15) is 11.5 Å². The lowest BCUT2D eigenvalue weighted by molar-refractivity contribution is -0.114. The summed E-state index contributed by atoms with van der Waals surface area (Å²) in [5, 5.41) is 14.5. The Bertz CT molecular complexity index is 1060. The maximum atomic E-state index is 13.0. The number of nitrogens with zero attached hydrogens (tertiary/aromatic N) is 3. The lowest BCUT2D eigenvalue weighted by Crippen LogP contribution is -2.23. The van der Waals surface area contributed by atoms with Gasteiger partial charge in [0, 0.05) is 26.1 Å². The molecule has 29 heavy (non-hydrogen) atoms. The summed E-state index contributed by atoms with van der Waals surface area (Å²) in [5.74, 6) is -1.02. The smallest absolute Gasteiger partial charge is 0.337 e. The number of carboxylic acids is 1. The third kappa shape index (κ3) is 3.44. The first-order chi connectivity index (χ1) is 14.0. The molecule has 1 aromatic carbocycles. The van der Waals surface area contributed by atoms with Gasteiger partial charge in [0.05, 0.1) is 16.8 Å². The zero-order valence-corrected chi connectivity index (χ0v) is 15.8. The van der Waals surface area contributed by atoms with Crippen LogP contribution in [0.1, 0.15) is 35.9 Å². The van der Waals surface area contributed by atoms with Crippen LogP contribution in [0.5, 0.6) is 0 Å². The van der Waals surface area contributed by atoms with E-state index >= 15 is 0 Å². The number of ketones is 1. The highest BCUT2D eigenvalue weighted by atomic mass is 16.4. The van der Waals surface area contributed by atoms with Gasteiger partial charge in [0.25, 0.3) is 5.91 Å². The van der Waals surface area contributed by atoms with E-state index in [1.165, 1.54) is 25.1 Å². The molecule has 0 saturated carbocycles. The number of hydrogen-bond donors (Lipinski definition) is 1. The summed E-state index contributed by atoms with van der Waals surface area (Å²) in [4.78, 5) is 38.7. The van der Waals surface area contributed by atoms with E-state index < -0.39 is 17.7 Å². The number of hydrazone groups is 1. The van der Waals surface area contributed by atoms with Crippen LogP contribution in [-0.2, 0) is 9.59 Å². The Morgan fingerprint density at radius 3 is 2.55 bits per heavy atom. The number of anilines is 2. The fourth-order valence-corrected chi connectivity index (χ4v) is 3.48. The first-order valence-corrected chi connectivity index (χ1v) is 9.29. The van der Waals surface area contributed by atoms with E-state index in [0.29, 0.717) is 11.6 Å². The standard InChI is InChI=1S/C21H19N3O5/c1-13(25)19-16(12-14-8-9-18(29-14)23-10-4-5-11-23)20(26)24(22-19)17-7-3-2-6-15(17)21(27)28/h2-3,6-9,12H,4-5,10-11H2,1H3,(H,27,28). The minimum atomic E-state index is -1.19. The van der Waals surface area contributed by atoms with Gasteiger partial charge < -0.3 is 14.4 Å². The highest BCUT2D eigenvalue weighted by molar-refractivity contribution is 6.55. The Morgan fingerprint density at radius 1 is 1.14 bits per heavy atom. The van der Waals surface area contributed by atoms with E-state index in [9.17, 15) is 19.5 Å². The second kappa shape index (κ2) is 7.38. The van der Waals surface area contributed by atoms with Crippen molar-refractivity contribution in [1.29, 1.82) is 0 Å². The van der Waals surface area contributed by atoms with Crippen molar-refractivity contribution in [2.24, 2.45) is 5.10 Å². The largest absolute Gasteiger partial charge is 0.478 e. The summed E-state index contributed by atoms with van der Waals surface area (Å²) >= 11 is 0. The molecule has 1 amide bonds. The number of hydrogen-bond acceptors (Lipinski definition) is 6. The Hall–Kier alpha value is -3.68. The Morgan fingerprint density at radius 2 is 1.86 bits per heavy atom. The zero-order chi connectivity index (χ0) is 20.5. The molecule has 1 aromatic heterocycles. The van der Waals surface area contributed by atoms with Crippen LogP contribution in [0.3, 0.4) is 0 Å². The number of furan rings is 1. The van der Waals surface area contributed by atoms with Crippen molar-refractivity contribution in [3.63, 3.8) is 0 Å². The van der Waals surface area contributed by atoms with Crippen molar-refractivity contribution < 1.29 is 23.9 Å². The van der Waals surface area contributed by atoms with Gasteiger partial charge in [-0.05, 0) is 37.1 Å². The predicted molar refractivity (Wildman–Crippen MR) is 107 cm³/mol. The molecule has 0 spiro atoms. The molecule has 2 aromatic rings. The van der Waals surface area contributed by atoms with Crippen molar-refractivity contribution in [2.45, 2.75) is 19.8 Å². The number of amides is 1. The quantitative estimate of drug-likeness (QED) is 0.784. The summed E-state index contributed by atoms with van der Waals surface area (Å²) in [5.41, 5.74) is 0.0572. The van der Waals surface area contributed by atoms with Crippen LogP contribution in [0.15, 0.2) is 51.5 Å². The first-order valence-electron chi connectivity index (χ1n) is 9.29. The minimum Gasteiger partial charge on any atom is -0.478 e. The molecule has 0 radical (unpaired) electrons. The number of rotatable bonds is 5. The zero-order valence-electron chi connectivity index (χ0n) is 15.8. The van der Waals surface area contributed by atoms with Gasteiger partial charge in [-0.15, -0.1) is 0 Å². The number of carbonyl (C=O) groups excluding carboxylic acids is 2. The number of benzene rings is 1. The monoisotopic (exact) mass is 393 g/mol. The highest BCUT2D eigenvalue weighted by Gasteiger charge is 2.35. The van der Waals surface area contributed by atoms with E-state index in [2.05, 4.69) is 10.0 Å². The van der Waals surface area contributed by atoms with E-state index in [0.717, 1.165) is 30.9 Å². The average Bonchev–Trinajstić information content (AvgIpc) is 3.43. The highest BCUT2D eigenvalue weighted by Crippen LogP contribution is 2.30. The van der Waals surface area contributed by atoms with Gasteiger partial charge in [0.2, 0.25) is 0 Å². The number of para-hydroxylation sites is 1. The van der Waals surface area contributed by atoms with Crippen LogP contribution in [0.2, 0.25) is 0 Å². The van der Waals surface area contributed by atoms with Crippen molar-refractivity contribution in [2.75, 3.05) is 23.0 Å². The van der Waals surface area contributed by atoms with E-state index in [-0.39, 0.29) is 22.5 Å². The van der Waals surface area contributed by atoms with Gasteiger partial charge in [0.15, 0.2) is 11.7 Å². The minimum absolute atomic E-state index is 0.0330. The molecule has 8 nitrogen and oxygen atoms in total. The van der Waals surface area contributed by atoms with Gasteiger partial charge in [-0.3, -0.25) is 9.59 Å². The maximum absolute atomic E-state index is 13.0. The lowest BCUT2D eigenvalue weighted by atomic mass is 10.1. The van der Waals surface area contributed by atoms with E-state index in [4.69, 9.17) is 4.42 Å². The molecule has 0 atom stereocenters. The molecule has 1 N–H and O–H groups in total. The fourth-order valence-electron chi connectivity index (χ4n) is 3.48. The summed E-state index contributed by atoms with van der Waals surface area (Å²) in [7, 11) is 0. The van der Waals surface area contributed by atoms with Crippen LogP contribution >= 0.6 is 0 Å². The molecular weight excluding hydrogens is 374 g/mol. The number of Topliss-reactive ketones (excluding diaryl/α,β-unsaturated/α-hetero) is 1. The molecular formula is C21H19N3O5. The van der Waals surface area contributed by atoms with E-state index in [1.54, 1.807) is 18.2 Å². The Kier molecular flexibility index (Phi) is 4.75. The SMILES string of the molecule is CC(=O)C1=NN(c2ccccc2C(=O)O)C(=O)C1=Cc1ccc(N2CCCC2)o1. The molecule has 4 rings (SSSR count). The van der Waals surface area contributed by atoms with Crippen LogP contribution in [0.25, 0.3) is 6.08 Å². The summed E-state index contributed by atoms with van der Waals surface area (Å²) in [6.45, 7) is 3.15. The van der Waals surface area contributed by atoms with Gasteiger partial charge in [-0.1, -0.05) is 12.1 Å². The molecule has 3 heterocycles. The molecule has 1 saturated heterocycles. The van der Waals surface area contributed by atoms with Crippen molar-refractivity contribution >= 4 is 41.0 Å². The first kappa shape index (κ1) is 18.7. The molecule has 1 fully saturated rings. The van der Waals surface area contributed by atoms with E-state index in [1.807, 2.05) is 6.07 Å². The summed E-state index contributed by atoms with van der Waals surface area (Å²) in [6, 6.07) is 9.59. The average molecular weight is 393 g/mol. The maximum Gasteiger partial charge on any atom is 0.337 e. The molecule has 148 valence electrons. The van der Waals surface area contributed by atoms with Crippen LogP contribution < -0.4 is 9.91 Å². The topological polar surface area (TPSA) is 103 Å². The van der Waals surface area contributed by atoms with Crippen molar-refractivity contribution in [3.8, 4) is 0 Å².